The molecule has 3 aromatic rings. The summed E-state index contributed by atoms with van der Waals surface area (Å²) in [5, 5.41) is 14.3. The van der Waals surface area contributed by atoms with E-state index in [4.69, 9.17) is 0 Å². The number of nitrogens with one attached hydrogen (secondary N) is 2. The Balaban J connectivity index is 1.54. The fourth-order valence-electron chi connectivity index (χ4n) is 2.26. The molecule has 0 radical (unpaired) electrons. The highest BCUT2D eigenvalue weighted by Gasteiger charge is 2.10. The Bertz CT molecular complexity index is 929. The van der Waals surface area contributed by atoms with Gasteiger partial charge >= 0.3 is 0 Å². The number of hydrogen-bond acceptors (Lipinski definition) is 6. The quantitative estimate of drug-likeness (QED) is 0.596. The van der Waals surface area contributed by atoms with Crippen molar-refractivity contribution in [3.05, 3.63) is 59.4 Å². The van der Waals surface area contributed by atoms with Crippen molar-refractivity contribution in [2.45, 2.75) is 18.2 Å². The van der Waals surface area contributed by atoms with Gasteiger partial charge in [0.1, 0.15) is 5.82 Å². The number of hydrogen-bond donors (Lipinski definition) is 2. The minimum atomic E-state index is -0.357. The van der Waals surface area contributed by atoms with Crippen LogP contribution in [0.2, 0.25) is 0 Å². The van der Waals surface area contributed by atoms with E-state index in [1.165, 1.54) is 29.2 Å². The first-order valence-corrected chi connectivity index (χ1v) is 9.66. The molecule has 0 saturated heterocycles. The summed E-state index contributed by atoms with van der Waals surface area (Å²) >= 11 is 2.56. The molecule has 1 heterocycles. The van der Waals surface area contributed by atoms with E-state index >= 15 is 0 Å². The van der Waals surface area contributed by atoms with Gasteiger partial charge in [-0.15, -0.1) is 10.2 Å². The first-order chi connectivity index (χ1) is 12.5. The van der Waals surface area contributed by atoms with Crippen LogP contribution in [-0.4, -0.2) is 21.9 Å². The third-order valence-electron chi connectivity index (χ3n) is 3.50. The number of aryl methyl sites for hydroxylation is 2. The van der Waals surface area contributed by atoms with Crippen LogP contribution in [0.5, 0.6) is 0 Å². The predicted octanol–water partition coefficient (Wildman–Crippen LogP) is 4.77. The molecule has 0 bridgehead atoms. The number of aromatic nitrogens is 2. The number of amides is 1. The number of nitrogens with zero attached hydrogens (tertiary/aromatic N) is 2. The molecule has 0 spiro atoms. The van der Waals surface area contributed by atoms with E-state index in [0.717, 1.165) is 16.8 Å². The van der Waals surface area contributed by atoms with Crippen LogP contribution < -0.4 is 10.6 Å². The van der Waals surface area contributed by atoms with Crippen LogP contribution in [0.25, 0.3) is 0 Å². The Labute approximate surface area is 159 Å². The van der Waals surface area contributed by atoms with Crippen LogP contribution in [0.1, 0.15) is 11.1 Å². The van der Waals surface area contributed by atoms with E-state index in [0.29, 0.717) is 15.2 Å². The van der Waals surface area contributed by atoms with E-state index in [2.05, 4.69) is 20.8 Å². The monoisotopic (exact) mass is 388 g/mol. The van der Waals surface area contributed by atoms with Crippen molar-refractivity contribution in [2.75, 3.05) is 16.4 Å². The lowest BCUT2D eigenvalue weighted by atomic mass is 10.1. The highest BCUT2D eigenvalue weighted by atomic mass is 32.2. The fourth-order valence-corrected chi connectivity index (χ4v) is 3.83. The maximum atomic E-state index is 13.6. The summed E-state index contributed by atoms with van der Waals surface area (Å²) < 4.78 is 14.3. The van der Waals surface area contributed by atoms with E-state index in [9.17, 15) is 9.18 Å². The molecule has 0 atom stereocenters. The van der Waals surface area contributed by atoms with Gasteiger partial charge in [0.15, 0.2) is 4.34 Å². The zero-order valence-corrected chi connectivity index (χ0v) is 15.9. The van der Waals surface area contributed by atoms with Gasteiger partial charge in [-0.25, -0.2) is 4.39 Å². The van der Waals surface area contributed by atoms with Crippen LogP contribution in [0.3, 0.4) is 0 Å². The van der Waals surface area contributed by atoms with Gasteiger partial charge in [-0.1, -0.05) is 52.9 Å². The molecule has 8 heteroatoms. The van der Waals surface area contributed by atoms with Gasteiger partial charge in [-0.05, 0) is 37.6 Å². The number of benzene rings is 2. The topological polar surface area (TPSA) is 66.9 Å². The van der Waals surface area contributed by atoms with Gasteiger partial charge < -0.3 is 10.6 Å². The predicted molar refractivity (Wildman–Crippen MR) is 105 cm³/mol. The lowest BCUT2D eigenvalue weighted by molar-refractivity contribution is -0.113. The number of carbonyl (C=O) groups is 1. The number of rotatable bonds is 6. The number of carbonyl (C=O) groups excluding carboxylic acids is 1. The van der Waals surface area contributed by atoms with Gasteiger partial charge in [0.05, 0.1) is 11.4 Å². The van der Waals surface area contributed by atoms with Gasteiger partial charge in [-0.2, -0.15) is 0 Å². The molecule has 1 aromatic heterocycles. The molecule has 0 aliphatic rings. The van der Waals surface area contributed by atoms with Crippen LogP contribution in [0.15, 0.2) is 46.8 Å². The van der Waals surface area contributed by atoms with Crippen molar-refractivity contribution in [3.8, 4) is 0 Å². The number of halogens is 1. The molecule has 2 N–H and O–H groups in total. The molecule has 2 aromatic carbocycles. The molecule has 0 unspecified atom stereocenters. The Kier molecular flexibility index (Phi) is 5.85. The summed E-state index contributed by atoms with van der Waals surface area (Å²) in [6.07, 6.45) is 0. The first-order valence-electron chi connectivity index (χ1n) is 7.86. The van der Waals surface area contributed by atoms with E-state index in [-0.39, 0.29) is 17.5 Å². The lowest BCUT2D eigenvalue weighted by Gasteiger charge is -2.08. The highest BCUT2D eigenvalue weighted by Crippen LogP contribution is 2.28. The Hall–Kier alpha value is -2.45. The van der Waals surface area contributed by atoms with Gasteiger partial charge in [0, 0.05) is 5.69 Å². The zero-order chi connectivity index (χ0) is 18.5. The summed E-state index contributed by atoms with van der Waals surface area (Å²) in [5.74, 6) is -0.243. The number of thioether (sulfide) groups is 1. The van der Waals surface area contributed by atoms with Gasteiger partial charge in [-0.3, -0.25) is 4.79 Å². The Morgan fingerprint density at radius 1 is 1.15 bits per heavy atom. The molecule has 5 nitrogen and oxygen atoms in total. The van der Waals surface area contributed by atoms with Crippen LogP contribution in [0.4, 0.5) is 20.9 Å². The highest BCUT2D eigenvalue weighted by molar-refractivity contribution is 8.01. The van der Waals surface area contributed by atoms with E-state index < -0.39 is 0 Å². The lowest BCUT2D eigenvalue weighted by Crippen LogP contribution is -2.14. The van der Waals surface area contributed by atoms with E-state index in [1.54, 1.807) is 18.2 Å². The van der Waals surface area contributed by atoms with Crippen LogP contribution in [0, 0.1) is 19.7 Å². The fraction of sp³-hybridized carbons (Fsp3) is 0.167. The van der Waals surface area contributed by atoms with Crippen LogP contribution >= 0.6 is 23.1 Å². The summed E-state index contributed by atoms with van der Waals surface area (Å²) in [6.45, 7) is 3.97. The van der Waals surface area contributed by atoms with Crippen LogP contribution in [-0.2, 0) is 4.79 Å². The van der Waals surface area contributed by atoms with Crippen molar-refractivity contribution in [1.29, 1.82) is 0 Å². The summed E-state index contributed by atoms with van der Waals surface area (Å²) in [5.41, 5.74) is 3.32. The average Bonchev–Trinajstić information content (AvgIpc) is 3.05. The smallest absolute Gasteiger partial charge is 0.234 e. The normalized spacial score (nSPS) is 10.6. The van der Waals surface area contributed by atoms with Gasteiger partial charge in [0.25, 0.3) is 0 Å². The SMILES string of the molecule is Cc1ccc(NC(=O)CSc2nnc(Nc3ccccc3F)s2)c(C)c1. The molecule has 0 fully saturated rings. The largest absolute Gasteiger partial charge is 0.328 e. The minimum absolute atomic E-state index is 0.110. The molecule has 0 aliphatic carbocycles. The molecule has 0 saturated carbocycles. The molecule has 0 aliphatic heterocycles. The third kappa shape index (κ3) is 4.80. The second kappa shape index (κ2) is 8.29. The Morgan fingerprint density at radius 3 is 2.73 bits per heavy atom. The summed E-state index contributed by atoms with van der Waals surface area (Å²) in [6, 6.07) is 12.2. The number of anilines is 3. The zero-order valence-electron chi connectivity index (χ0n) is 14.2. The standard InChI is InChI=1S/C18H17FN4OS2/c1-11-7-8-14(12(2)9-11)20-16(24)10-25-18-23-22-17(26-18)21-15-6-4-3-5-13(15)19/h3-9H,10H2,1-2H3,(H,20,24)(H,21,22). The van der Waals surface area contributed by atoms with E-state index in [1.807, 2.05) is 32.0 Å². The second-order valence-electron chi connectivity index (χ2n) is 5.63. The summed E-state index contributed by atoms with van der Waals surface area (Å²) in [7, 11) is 0. The van der Waals surface area contributed by atoms with Crippen molar-refractivity contribution >= 4 is 45.5 Å². The van der Waals surface area contributed by atoms with Crippen molar-refractivity contribution in [2.24, 2.45) is 0 Å². The van der Waals surface area contributed by atoms with Crippen molar-refractivity contribution < 1.29 is 9.18 Å². The minimum Gasteiger partial charge on any atom is -0.328 e. The maximum Gasteiger partial charge on any atom is 0.234 e. The second-order valence-corrected chi connectivity index (χ2v) is 7.83. The molecular formula is C18H17FN4OS2. The maximum absolute atomic E-state index is 13.6. The Morgan fingerprint density at radius 2 is 1.96 bits per heavy atom. The number of para-hydroxylation sites is 1. The molecule has 1 amide bonds. The molecule has 26 heavy (non-hydrogen) atoms. The molecule has 134 valence electrons. The third-order valence-corrected chi connectivity index (χ3v) is 5.48. The molecule has 3 rings (SSSR count). The van der Waals surface area contributed by atoms with Gasteiger partial charge in [0.2, 0.25) is 11.0 Å². The summed E-state index contributed by atoms with van der Waals surface area (Å²) in [4.78, 5) is 12.1. The van der Waals surface area contributed by atoms with Crippen molar-refractivity contribution in [3.63, 3.8) is 0 Å². The average molecular weight is 388 g/mol. The molecular weight excluding hydrogens is 371 g/mol. The van der Waals surface area contributed by atoms with Crippen molar-refractivity contribution in [1.82, 2.24) is 10.2 Å². The first kappa shape index (κ1) is 18.3.